The molecule has 3 aromatic rings. The number of aromatic nitrogens is 2. The summed E-state index contributed by atoms with van der Waals surface area (Å²) in [5, 5.41) is 2.93. The van der Waals surface area contributed by atoms with E-state index in [2.05, 4.69) is 21.7 Å². The number of benzene rings is 2. The van der Waals surface area contributed by atoms with E-state index in [1.54, 1.807) is 31.4 Å². The second kappa shape index (κ2) is 9.50. The summed E-state index contributed by atoms with van der Waals surface area (Å²) < 4.78 is 32.3. The molecule has 1 aliphatic rings. The average Bonchev–Trinajstić information content (AvgIpc) is 3.14. The maximum absolute atomic E-state index is 12.6. The first-order valence-corrected chi connectivity index (χ1v) is 12.8. The number of carbonyl (C=O) groups excluding carboxylic acids is 1. The fraction of sp³-hybridized carbons (Fsp3) is 0.391. The first-order valence-electron chi connectivity index (χ1n) is 10.9. The van der Waals surface area contributed by atoms with Gasteiger partial charge in [0.05, 0.1) is 30.9 Å². The Bertz CT molecular complexity index is 1250. The molecule has 0 spiro atoms. The fourth-order valence-corrected chi connectivity index (χ4v) is 4.92. The number of anilines is 1. The highest BCUT2D eigenvalue weighted by atomic mass is 32.2. The third-order valence-electron chi connectivity index (χ3n) is 5.92. The van der Waals surface area contributed by atoms with Gasteiger partial charge >= 0.3 is 0 Å². The zero-order chi connectivity index (χ0) is 23.6. The van der Waals surface area contributed by atoms with Crippen LogP contribution in [-0.2, 0) is 23.1 Å². The van der Waals surface area contributed by atoms with Crippen LogP contribution < -0.4 is 10.1 Å². The van der Waals surface area contributed by atoms with Crippen molar-refractivity contribution in [2.24, 2.45) is 0 Å². The van der Waals surface area contributed by atoms with Crippen molar-refractivity contribution in [3.63, 3.8) is 0 Å². The van der Waals surface area contributed by atoms with Gasteiger partial charge in [-0.25, -0.2) is 13.4 Å². The molecule has 1 amide bonds. The van der Waals surface area contributed by atoms with Crippen LogP contribution in [0.4, 0.5) is 5.69 Å². The van der Waals surface area contributed by atoms with Crippen LogP contribution in [0.25, 0.3) is 11.0 Å². The van der Waals surface area contributed by atoms with Gasteiger partial charge in [0.15, 0.2) is 0 Å². The first-order chi connectivity index (χ1) is 15.8. The summed E-state index contributed by atoms with van der Waals surface area (Å²) in [6, 6.07) is 12.7. The number of ether oxygens (including phenoxy) is 1. The number of sulfonamides is 1. The van der Waals surface area contributed by atoms with Crippen LogP contribution >= 0.6 is 0 Å². The van der Waals surface area contributed by atoms with Crippen LogP contribution in [0.5, 0.6) is 5.75 Å². The Morgan fingerprint density at radius 3 is 2.39 bits per heavy atom. The smallest absolute Gasteiger partial charge is 0.255 e. The normalized spacial score (nSPS) is 15.6. The lowest BCUT2D eigenvalue weighted by Crippen LogP contribution is -2.48. The molecule has 1 saturated heterocycles. The number of methoxy groups -OCH3 is 1. The van der Waals surface area contributed by atoms with Crippen LogP contribution in [0.2, 0.25) is 0 Å². The fourth-order valence-electron chi connectivity index (χ4n) is 4.10. The van der Waals surface area contributed by atoms with E-state index in [4.69, 9.17) is 9.72 Å². The molecule has 9 nitrogen and oxygen atoms in total. The van der Waals surface area contributed by atoms with Crippen LogP contribution in [-0.4, -0.2) is 72.6 Å². The molecular formula is C23H29N5O4S. The van der Waals surface area contributed by atoms with Gasteiger partial charge in [-0.05, 0) is 49.4 Å². The first kappa shape index (κ1) is 23.2. The summed E-state index contributed by atoms with van der Waals surface area (Å²) in [4.78, 5) is 19.7. The maximum atomic E-state index is 12.6. The molecule has 0 aliphatic carbocycles. The molecule has 0 saturated carbocycles. The van der Waals surface area contributed by atoms with Gasteiger partial charge in [-0.3, -0.25) is 9.69 Å². The zero-order valence-electron chi connectivity index (χ0n) is 19.1. The van der Waals surface area contributed by atoms with Crippen LogP contribution in [0.1, 0.15) is 23.1 Å². The van der Waals surface area contributed by atoms with Crippen LogP contribution in [0.3, 0.4) is 0 Å². The van der Waals surface area contributed by atoms with Crippen molar-refractivity contribution in [3.05, 3.63) is 53.9 Å². The quantitative estimate of drug-likeness (QED) is 0.568. The number of nitrogens with one attached hydrogen (secondary N) is 1. The minimum atomic E-state index is -3.15. The number of fused-ring (bicyclic) bond motifs is 1. The molecule has 1 aromatic heterocycles. The number of hydrogen-bond acceptors (Lipinski definition) is 6. The predicted octanol–water partition coefficient (Wildman–Crippen LogP) is 2.39. The minimum absolute atomic E-state index is 0.198. The Morgan fingerprint density at radius 1 is 1.09 bits per heavy atom. The number of piperazine rings is 1. The van der Waals surface area contributed by atoms with Crippen molar-refractivity contribution in [2.75, 3.05) is 44.9 Å². The lowest BCUT2D eigenvalue weighted by atomic mass is 10.2. The molecule has 0 bridgehead atoms. The molecule has 0 radical (unpaired) electrons. The molecular weight excluding hydrogens is 442 g/mol. The summed E-state index contributed by atoms with van der Waals surface area (Å²) in [7, 11) is -1.56. The standard InChI is InChI=1S/C23H29N5O4S/c1-4-28-21-10-7-18(24-23(29)17-5-8-19(32-2)9-6-17)15-20(21)25-22(28)16-26-11-13-27(14-12-26)33(3,30)31/h5-10,15H,4,11-14,16H2,1-3H3,(H,24,29). The van der Waals surface area contributed by atoms with E-state index in [1.807, 2.05) is 18.2 Å². The molecule has 0 unspecified atom stereocenters. The Balaban J connectivity index is 1.49. The van der Waals surface area contributed by atoms with Gasteiger partial charge in [-0.15, -0.1) is 0 Å². The van der Waals surface area contributed by atoms with E-state index in [0.29, 0.717) is 49.7 Å². The number of carbonyl (C=O) groups is 1. The Kier molecular flexibility index (Phi) is 6.68. The van der Waals surface area contributed by atoms with Gasteiger partial charge in [-0.2, -0.15) is 4.31 Å². The van der Waals surface area contributed by atoms with Gasteiger partial charge in [0.25, 0.3) is 5.91 Å². The highest BCUT2D eigenvalue weighted by Gasteiger charge is 2.24. The topological polar surface area (TPSA) is 96.8 Å². The molecule has 0 atom stereocenters. The van der Waals surface area contributed by atoms with Crippen molar-refractivity contribution in [2.45, 2.75) is 20.0 Å². The molecule has 1 fully saturated rings. The number of hydrogen-bond donors (Lipinski definition) is 1. The summed E-state index contributed by atoms with van der Waals surface area (Å²) >= 11 is 0. The second-order valence-corrected chi connectivity index (χ2v) is 10.1. The number of imidazole rings is 1. The van der Waals surface area contributed by atoms with Crippen LogP contribution in [0, 0.1) is 0 Å². The molecule has 10 heteroatoms. The lowest BCUT2D eigenvalue weighted by molar-refractivity contribution is 0.102. The van der Waals surface area contributed by atoms with E-state index >= 15 is 0 Å². The average molecular weight is 472 g/mol. The number of nitrogens with zero attached hydrogens (tertiary/aromatic N) is 4. The van der Waals surface area contributed by atoms with Crippen molar-refractivity contribution in [1.82, 2.24) is 18.8 Å². The summed E-state index contributed by atoms with van der Waals surface area (Å²) in [5.74, 6) is 1.43. The highest BCUT2D eigenvalue weighted by molar-refractivity contribution is 7.88. The second-order valence-electron chi connectivity index (χ2n) is 8.10. The Hall–Kier alpha value is -2.95. The van der Waals surface area contributed by atoms with Crippen molar-refractivity contribution < 1.29 is 17.9 Å². The van der Waals surface area contributed by atoms with Gasteiger partial charge in [0.2, 0.25) is 10.0 Å². The highest BCUT2D eigenvalue weighted by Crippen LogP contribution is 2.23. The number of aryl methyl sites for hydroxylation is 1. The van der Waals surface area contributed by atoms with Crippen LogP contribution in [0.15, 0.2) is 42.5 Å². The van der Waals surface area contributed by atoms with Crippen molar-refractivity contribution >= 4 is 32.7 Å². The molecule has 176 valence electrons. The van der Waals surface area contributed by atoms with Crippen molar-refractivity contribution in [3.8, 4) is 5.75 Å². The minimum Gasteiger partial charge on any atom is -0.497 e. The Labute approximate surface area is 194 Å². The molecule has 1 aliphatic heterocycles. The van der Waals surface area contributed by atoms with E-state index in [9.17, 15) is 13.2 Å². The van der Waals surface area contributed by atoms with Crippen molar-refractivity contribution in [1.29, 1.82) is 0 Å². The third-order valence-corrected chi connectivity index (χ3v) is 7.22. The molecule has 4 rings (SSSR count). The zero-order valence-corrected chi connectivity index (χ0v) is 19.9. The molecule has 33 heavy (non-hydrogen) atoms. The van der Waals surface area contributed by atoms with E-state index < -0.39 is 10.0 Å². The monoisotopic (exact) mass is 471 g/mol. The molecule has 2 heterocycles. The summed E-state index contributed by atoms with van der Waals surface area (Å²) in [5.41, 5.74) is 3.04. The molecule has 2 aromatic carbocycles. The number of amides is 1. The van der Waals surface area contributed by atoms with E-state index in [-0.39, 0.29) is 5.91 Å². The Morgan fingerprint density at radius 2 is 1.79 bits per heavy atom. The van der Waals surface area contributed by atoms with Gasteiger partial charge < -0.3 is 14.6 Å². The number of rotatable bonds is 7. The van der Waals surface area contributed by atoms with Gasteiger partial charge in [-0.1, -0.05) is 0 Å². The summed E-state index contributed by atoms with van der Waals surface area (Å²) in [6.45, 7) is 5.82. The largest absolute Gasteiger partial charge is 0.497 e. The van der Waals surface area contributed by atoms with E-state index in [0.717, 1.165) is 23.4 Å². The SMILES string of the molecule is CCn1c(CN2CCN(S(C)(=O)=O)CC2)nc2cc(NC(=O)c3ccc(OC)cc3)ccc21. The van der Waals surface area contributed by atoms with Gasteiger partial charge in [0.1, 0.15) is 11.6 Å². The molecule has 1 N–H and O–H groups in total. The lowest BCUT2D eigenvalue weighted by Gasteiger charge is -2.32. The van der Waals surface area contributed by atoms with Gasteiger partial charge in [0, 0.05) is 44.0 Å². The predicted molar refractivity (Wildman–Crippen MR) is 128 cm³/mol. The maximum Gasteiger partial charge on any atom is 0.255 e. The third kappa shape index (κ3) is 5.18. The van der Waals surface area contributed by atoms with E-state index in [1.165, 1.54) is 10.6 Å². The summed E-state index contributed by atoms with van der Waals surface area (Å²) in [6.07, 6.45) is 1.25.